The van der Waals surface area contributed by atoms with Crippen LogP contribution in [0.4, 0.5) is 0 Å². The standard InChI is InChI=1S/C15H17N5O2/c1-11-12(9-18-19(11)2)8-16-15(21)14-5-4-13(22-14)10-20-7-3-6-17-20/h3-7,9H,8,10H2,1-2H3,(H,16,21). The summed E-state index contributed by atoms with van der Waals surface area (Å²) in [4.78, 5) is 12.1. The van der Waals surface area contributed by atoms with Crippen molar-refractivity contribution in [2.75, 3.05) is 0 Å². The van der Waals surface area contributed by atoms with Gasteiger partial charge in [0.25, 0.3) is 5.91 Å². The summed E-state index contributed by atoms with van der Waals surface area (Å²) in [7, 11) is 1.87. The van der Waals surface area contributed by atoms with Crippen LogP contribution in [-0.4, -0.2) is 25.5 Å². The summed E-state index contributed by atoms with van der Waals surface area (Å²) in [6, 6.07) is 5.29. The Bertz CT molecular complexity index is 770. The highest BCUT2D eigenvalue weighted by atomic mass is 16.4. The minimum atomic E-state index is -0.241. The van der Waals surface area contributed by atoms with E-state index >= 15 is 0 Å². The fourth-order valence-corrected chi connectivity index (χ4v) is 2.12. The number of nitrogens with zero attached hydrogens (tertiary/aromatic N) is 4. The maximum absolute atomic E-state index is 12.1. The number of aryl methyl sites for hydroxylation is 1. The first-order chi connectivity index (χ1) is 10.6. The molecule has 0 spiro atoms. The summed E-state index contributed by atoms with van der Waals surface area (Å²) in [6.07, 6.45) is 5.29. The van der Waals surface area contributed by atoms with Crippen molar-refractivity contribution in [3.8, 4) is 0 Å². The molecule has 7 heteroatoms. The van der Waals surface area contributed by atoms with Crippen molar-refractivity contribution < 1.29 is 9.21 Å². The molecule has 22 heavy (non-hydrogen) atoms. The van der Waals surface area contributed by atoms with Crippen LogP contribution in [0.15, 0.2) is 41.2 Å². The molecule has 0 atom stereocenters. The number of carbonyl (C=O) groups is 1. The highest BCUT2D eigenvalue weighted by Crippen LogP contribution is 2.10. The van der Waals surface area contributed by atoms with Crippen LogP contribution in [0.5, 0.6) is 0 Å². The quantitative estimate of drug-likeness (QED) is 0.774. The highest BCUT2D eigenvalue weighted by molar-refractivity contribution is 5.91. The molecule has 0 saturated carbocycles. The predicted molar refractivity (Wildman–Crippen MR) is 79.2 cm³/mol. The van der Waals surface area contributed by atoms with Crippen LogP contribution >= 0.6 is 0 Å². The molecule has 0 aliphatic carbocycles. The second-order valence-corrected chi connectivity index (χ2v) is 5.03. The molecule has 0 saturated heterocycles. The molecule has 1 amide bonds. The summed E-state index contributed by atoms with van der Waals surface area (Å²) < 4.78 is 9.06. The molecule has 0 aliphatic rings. The number of nitrogens with one attached hydrogen (secondary N) is 1. The van der Waals surface area contributed by atoms with Gasteiger partial charge in [-0.05, 0) is 25.1 Å². The first-order valence-electron chi connectivity index (χ1n) is 6.95. The lowest BCUT2D eigenvalue weighted by Gasteiger charge is -2.03. The van der Waals surface area contributed by atoms with E-state index in [1.54, 1.807) is 33.9 Å². The van der Waals surface area contributed by atoms with Gasteiger partial charge >= 0.3 is 0 Å². The van der Waals surface area contributed by atoms with Gasteiger partial charge in [-0.25, -0.2) is 0 Å². The van der Waals surface area contributed by atoms with Crippen LogP contribution in [0.3, 0.4) is 0 Å². The smallest absolute Gasteiger partial charge is 0.287 e. The van der Waals surface area contributed by atoms with Gasteiger partial charge in [-0.15, -0.1) is 0 Å². The van der Waals surface area contributed by atoms with E-state index in [0.717, 1.165) is 11.3 Å². The summed E-state index contributed by atoms with van der Waals surface area (Å²) >= 11 is 0. The third-order valence-electron chi connectivity index (χ3n) is 3.54. The first kappa shape index (κ1) is 14.1. The van der Waals surface area contributed by atoms with Gasteiger partial charge in [-0.1, -0.05) is 0 Å². The molecule has 3 aromatic rings. The molecule has 3 aromatic heterocycles. The lowest BCUT2D eigenvalue weighted by molar-refractivity contribution is 0.0921. The maximum atomic E-state index is 12.1. The van der Waals surface area contributed by atoms with Gasteiger partial charge in [0.15, 0.2) is 5.76 Å². The van der Waals surface area contributed by atoms with Gasteiger partial charge in [0, 0.05) is 37.2 Å². The van der Waals surface area contributed by atoms with Crippen molar-refractivity contribution in [2.45, 2.75) is 20.0 Å². The van der Waals surface area contributed by atoms with Crippen LogP contribution < -0.4 is 5.32 Å². The minimum Gasteiger partial charge on any atom is -0.454 e. The monoisotopic (exact) mass is 299 g/mol. The number of amides is 1. The zero-order valence-corrected chi connectivity index (χ0v) is 12.5. The summed E-state index contributed by atoms with van der Waals surface area (Å²) in [5, 5.41) is 11.1. The van der Waals surface area contributed by atoms with E-state index in [1.807, 2.05) is 26.2 Å². The van der Waals surface area contributed by atoms with Gasteiger partial charge in [0.05, 0.1) is 12.7 Å². The van der Waals surface area contributed by atoms with Crippen LogP contribution in [0.1, 0.15) is 27.6 Å². The molecule has 1 N–H and O–H groups in total. The Balaban J connectivity index is 1.60. The van der Waals surface area contributed by atoms with Crippen LogP contribution in [0.2, 0.25) is 0 Å². The zero-order valence-electron chi connectivity index (χ0n) is 12.5. The van der Waals surface area contributed by atoms with Gasteiger partial charge in [0.1, 0.15) is 5.76 Å². The topological polar surface area (TPSA) is 77.9 Å². The normalized spacial score (nSPS) is 10.8. The van der Waals surface area contributed by atoms with Crippen molar-refractivity contribution in [1.29, 1.82) is 0 Å². The molecule has 3 rings (SSSR count). The van der Waals surface area contributed by atoms with E-state index in [0.29, 0.717) is 24.6 Å². The lowest BCUT2D eigenvalue weighted by atomic mass is 10.2. The third-order valence-corrected chi connectivity index (χ3v) is 3.54. The third kappa shape index (κ3) is 2.93. The van der Waals surface area contributed by atoms with E-state index < -0.39 is 0 Å². The molecule has 0 unspecified atom stereocenters. The van der Waals surface area contributed by atoms with Gasteiger partial charge in [-0.2, -0.15) is 10.2 Å². The highest BCUT2D eigenvalue weighted by Gasteiger charge is 2.12. The van der Waals surface area contributed by atoms with E-state index in [2.05, 4.69) is 15.5 Å². The number of hydrogen-bond acceptors (Lipinski definition) is 4. The van der Waals surface area contributed by atoms with Crippen LogP contribution in [0, 0.1) is 6.92 Å². The molecule has 114 valence electrons. The largest absolute Gasteiger partial charge is 0.454 e. The molecular formula is C15H17N5O2. The molecule has 0 aliphatic heterocycles. The molecule has 0 bridgehead atoms. The van der Waals surface area contributed by atoms with E-state index in [4.69, 9.17) is 4.42 Å². The molecular weight excluding hydrogens is 282 g/mol. The van der Waals surface area contributed by atoms with Gasteiger partial charge in [0.2, 0.25) is 0 Å². The van der Waals surface area contributed by atoms with Crippen LogP contribution in [0.25, 0.3) is 0 Å². The maximum Gasteiger partial charge on any atom is 0.287 e. The van der Waals surface area contributed by atoms with Gasteiger partial charge < -0.3 is 9.73 Å². The van der Waals surface area contributed by atoms with Crippen LogP contribution in [-0.2, 0) is 20.1 Å². The SMILES string of the molecule is Cc1c(CNC(=O)c2ccc(Cn3cccn3)o2)cnn1C. The minimum absolute atomic E-state index is 0.241. The van der Waals surface area contributed by atoms with Crippen molar-refractivity contribution in [1.82, 2.24) is 24.9 Å². The number of furan rings is 1. The van der Waals surface area contributed by atoms with Gasteiger partial charge in [-0.3, -0.25) is 14.2 Å². The molecule has 0 radical (unpaired) electrons. The fourth-order valence-electron chi connectivity index (χ4n) is 2.12. The Labute approximate surface area is 127 Å². The van der Waals surface area contributed by atoms with E-state index in [1.165, 1.54) is 0 Å². The van der Waals surface area contributed by atoms with Crippen molar-refractivity contribution in [3.05, 3.63) is 59.6 Å². The predicted octanol–water partition coefficient (Wildman–Crippen LogP) is 1.50. The Morgan fingerprint density at radius 3 is 2.91 bits per heavy atom. The Morgan fingerprint density at radius 1 is 1.36 bits per heavy atom. The van der Waals surface area contributed by atoms with E-state index in [9.17, 15) is 4.79 Å². The van der Waals surface area contributed by atoms with Crippen molar-refractivity contribution in [3.63, 3.8) is 0 Å². The second kappa shape index (κ2) is 5.88. The first-order valence-corrected chi connectivity index (χ1v) is 6.95. The number of hydrogen-bond donors (Lipinski definition) is 1. The Kier molecular flexibility index (Phi) is 3.78. The lowest BCUT2D eigenvalue weighted by Crippen LogP contribution is -2.22. The zero-order chi connectivity index (χ0) is 15.5. The average molecular weight is 299 g/mol. The molecule has 0 fully saturated rings. The average Bonchev–Trinajstić information content (AvgIpc) is 3.23. The fraction of sp³-hybridized carbons (Fsp3) is 0.267. The van der Waals surface area contributed by atoms with Crippen molar-refractivity contribution >= 4 is 5.91 Å². The number of rotatable bonds is 5. The summed E-state index contributed by atoms with van der Waals surface area (Å²) in [6.45, 7) is 2.89. The second-order valence-electron chi connectivity index (χ2n) is 5.03. The molecule has 3 heterocycles. The summed E-state index contributed by atoms with van der Waals surface area (Å²) in [5.41, 5.74) is 2.01. The summed E-state index contributed by atoms with van der Waals surface area (Å²) in [5.74, 6) is 0.741. The number of aromatic nitrogens is 4. The molecule has 0 aromatic carbocycles. The Hall–Kier alpha value is -2.83. The molecule has 7 nitrogen and oxygen atoms in total. The van der Waals surface area contributed by atoms with E-state index in [-0.39, 0.29) is 5.91 Å². The number of carbonyl (C=O) groups excluding carboxylic acids is 1. The van der Waals surface area contributed by atoms with Crippen molar-refractivity contribution in [2.24, 2.45) is 7.05 Å². The Morgan fingerprint density at radius 2 is 2.23 bits per heavy atom.